The summed E-state index contributed by atoms with van der Waals surface area (Å²) in [6.07, 6.45) is 5.09. The Hall–Kier alpha value is -0.870. The molecule has 0 aromatic carbocycles. The Morgan fingerprint density at radius 1 is 1.26 bits per heavy atom. The van der Waals surface area contributed by atoms with Crippen molar-refractivity contribution in [3.63, 3.8) is 0 Å². The number of aryl methyl sites for hydroxylation is 1. The molecule has 4 nitrogen and oxygen atoms in total. The van der Waals surface area contributed by atoms with Crippen LogP contribution in [0.15, 0.2) is 18.5 Å². The van der Waals surface area contributed by atoms with Crippen LogP contribution < -0.4 is 0 Å². The molecule has 2 heterocycles. The van der Waals surface area contributed by atoms with E-state index < -0.39 is 0 Å². The normalized spacial score (nSPS) is 24.7. The third-order valence-electron chi connectivity index (χ3n) is 4.35. The van der Waals surface area contributed by atoms with E-state index in [4.69, 9.17) is 0 Å². The van der Waals surface area contributed by atoms with Crippen LogP contribution in [0.2, 0.25) is 0 Å². The Morgan fingerprint density at radius 3 is 2.58 bits per heavy atom. The van der Waals surface area contributed by atoms with E-state index in [0.717, 1.165) is 18.4 Å². The zero-order chi connectivity index (χ0) is 13.8. The van der Waals surface area contributed by atoms with Crippen LogP contribution in [-0.2, 0) is 6.54 Å². The molecule has 0 bridgehead atoms. The predicted molar refractivity (Wildman–Crippen MR) is 79.1 cm³/mol. The number of nitrogens with zero attached hydrogens (tertiary/aromatic N) is 4. The van der Waals surface area contributed by atoms with Gasteiger partial charge in [-0.1, -0.05) is 13.8 Å². The summed E-state index contributed by atoms with van der Waals surface area (Å²) in [6, 6.07) is 2.71. The third kappa shape index (κ3) is 3.80. The first-order valence-electron chi connectivity index (χ1n) is 7.44. The summed E-state index contributed by atoms with van der Waals surface area (Å²) in [4.78, 5) is 5.02. The average molecular weight is 264 g/mol. The van der Waals surface area contributed by atoms with Crippen LogP contribution >= 0.6 is 0 Å². The van der Waals surface area contributed by atoms with E-state index >= 15 is 0 Å². The van der Waals surface area contributed by atoms with Gasteiger partial charge in [0.1, 0.15) is 0 Å². The lowest BCUT2D eigenvalue weighted by Crippen LogP contribution is -2.37. The molecule has 2 rings (SSSR count). The van der Waals surface area contributed by atoms with E-state index in [1.165, 1.54) is 26.1 Å². The highest BCUT2D eigenvalue weighted by molar-refractivity contribution is 4.90. The fourth-order valence-electron chi connectivity index (χ4n) is 3.17. The van der Waals surface area contributed by atoms with Gasteiger partial charge in [-0.15, -0.1) is 0 Å². The van der Waals surface area contributed by atoms with Gasteiger partial charge in [0.25, 0.3) is 0 Å². The van der Waals surface area contributed by atoms with Crippen LogP contribution in [0.5, 0.6) is 0 Å². The first-order chi connectivity index (χ1) is 9.08. The smallest absolute Gasteiger partial charge is 0.0489 e. The molecule has 0 unspecified atom stereocenters. The molecule has 0 aliphatic carbocycles. The maximum Gasteiger partial charge on any atom is 0.0489 e. The molecule has 1 aliphatic rings. The molecule has 19 heavy (non-hydrogen) atoms. The largest absolute Gasteiger partial charge is 0.305 e. The summed E-state index contributed by atoms with van der Waals surface area (Å²) in [6.45, 7) is 9.40. The van der Waals surface area contributed by atoms with Crippen LogP contribution in [0.3, 0.4) is 0 Å². The summed E-state index contributed by atoms with van der Waals surface area (Å²) in [7, 11) is 4.43. The molecular formula is C15H28N4. The molecule has 1 fully saturated rings. The molecule has 0 N–H and O–H groups in total. The quantitative estimate of drug-likeness (QED) is 0.783. The number of hydrogen-bond acceptors (Lipinski definition) is 3. The van der Waals surface area contributed by atoms with Crippen molar-refractivity contribution in [2.45, 2.75) is 32.9 Å². The topological polar surface area (TPSA) is 24.3 Å². The summed E-state index contributed by atoms with van der Waals surface area (Å²) in [5, 5.41) is 4.26. The van der Waals surface area contributed by atoms with Crippen molar-refractivity contribution in [1.82, 2.24) is 19.6 Å². The third-order valence-corrected chi connectivity index (χ3v) is 4.35. The van der Waals surface area contributed by atoms with Gasteiger partial charge in [0.2, 0.25) is 0 Å². The molecule has 0 radical (unpaired) electrons. The van der Waals surface area contributed by atoms with Crippen LogP contribution in [0.4, 0.5) is 0 Å². The van der Waals surface area contributed by atoms with Gasteiger partial charge in [-0.2, -0.15) is 5.10 Å². The van der Waals surface area contributed by atoms with E-state index in [2.05, 4.69) is 42.8 Å². The minimum atomic E-state index is 0.713. The highest BCUT2D eigenvalue weighted by Crippen LogP contribution is 2.27. The number of aromatic nitrogens is 2. The van der Waals surface area contributed by atoms with Gasteiger partial charge in [0, 0.05) is 38.1 Å². The first-order valence-corrected chi connectivity index (χ1v) is 7.44. The zero-order valence-corrected chi connectivity index (χ0v) is 12.8. The van der Waals surface area contributed by atoms with Crippen molar-refractivity contribution in [1.29, 1.82) is 0 Å². The van der Waals surface area contributed by atoms with Crippen molar-refractivity contribution in [3.8, 4) is 0 Å². The van der Waals surface area contributed by atoms with E-state index in [1.807, 2.05) is 23.1 Å². The molecule has 2 atom stereocenters. The highest BCUT2D eigenvalue weighted by Gasteiger charge is 2.35. The molecule has 0 spiro atoms. The van der Waals surface area contributed by atoms with Gasteiger partial charge < -0.3 is 9.80 Å². The Kier molecular flexibility index (Phi) is 4.99. The van der Waals surface area contributed by atoms with Crippen molar-refractivity contribution >= 4 is 0 Å². The molecule has 4 heteroatoms. The van der Waals surface area contributed by atoms with Gasteiger partial charge in [-0.05, 0) is 45.0 Å². The second kappa shape index (κ2) is 6.53. The van der Waals surface area contributed by atoms with E-state index in [-0.39, 0.29) is 0 Å². The lowest BCUT2D eigenvalue weighted by Gasteiger charge is -2.27. The minimum Gasteiger partial charge on any atom is -0.305 e. The molecule has 0 saturated carbocycles. The number of likely N-dealkylation sites (tertiary alicyclic amines) is 1. The van der Waals surface area contributed by atoms with E-state index in [0.29, 0.717) is 6.04 Å². The monoisotopic (exact) mass is 264 g/mol. The average Bonchev–Trinajstić information content (AvgIpc) is 2.97. The summed E-state index contributed by atoms with van der Waals surface area (Å²) in [5.41, 5.74) is 0. The second-order valence-electron chi connectivity index (χ2n) is 6.32. The van der Waals surface area contributed by atoms with Crippen molar-refractivity contribution < 1.29 is 0 Å². The van der Waals surface area contributed by atoms with Crippen molar-refractivity contribution in [2.75, 3.05) is 33.7 Å². The second-order valence-corrected chi connectivity index (χ2v) is 6.32. The molecule has 1 saturated heterocycles. The SMILES string of the molecule is CC(C)[C@H]1CN(CCCn2cccn2)C[C@@H]1N(C)C. The van der Waals surface area contributed by atoms with Crippen LogP contribution in [0, 0.1) is 11.8 Å². The molecule has 0 amide bonds. The van der Waals surface area contributed by atoms with Crippen LogP contribution in [0.25, 0.3) is 0 Å². The molecule has 1 aromatic heterocycles. The fourth-order valence-corrected chi connectivity index (χ4v) is 3.17. The lowest BCUT2D eigenvalue weighted by atomic mass is 9.91. The van der Waals surface area contributed by atoms with Crippen molar-refractivity contribution in [2.24, 2.45) is 11.8 Å². The summed E-state index contributed by atoms with van der Waals surface area (Å²) in [5.74, 6) is 1.57. The van der Waals surface area contributed by atoms with Gasteiger partial charge in [-0.25, -0.2) is 0 Å². The maximum absolute atomic E-state index is 4.26. The Labute approximate surface area is 117 Å². The zero-order valence-electron chi connectivity index (χ0n) is 12.8. The molecule has 1 aromatic rings. The number of likely N-dealkylation sites (N-methyl/N-ethyl adjacent to an activating group) is 1. The Morgan fingerprint density at radius 2 is 2.05 bits per heavy atom. The maximum atomic E-state index is 4.26. The van der Waals surface area contributed by atoms with Crippen LogP contribution in [0.1, 0.15) is 20.3 Å². The number of hydrogen-bond donors (Lipinski definition) is 0. The molecule has 108 valence electrons. The lowest BCUT2D eigenvalue weighted by molar-refractivity contribution is 0.215. The molecular weight excluding hydrogens is 236 g/mol. The molecule has 1 aliphatic heterocycles. The van der Waals surface area contributed by atoms with E-state index in [1.54, 1.807) is 0 Å². The minimum absolute atomic E-state index is 0.713. The van der Waals surface area contributed by atoms with Gasteiger partial charge in [0.15, 0.2) is 0 Å². The summed E-state index contributed by atoms with van der Waals surface area (Å²) < 4.78 is 2.03. The predicted octanol–water partition coefficient (Wildman–Crippen LogP) is 1.79. The van der Waals surface area contributed by atoms with Gasteiger partial charge in [0.05, 0.1) is 0 Å². The first kappa shape index (κ1) is 14.5. The Balaban J connectivity index is 1.79. The van der Waals surface area contributed by atoms with Gasteiger partial charge >= 0.3 is 0 Å². The van der Waals surface area contributed by atoms with Crippen LogP contribution in [-0.4, -0.2) is 59.4 Å². The fraction of sp³-hybridized carbons (Fsp3) is 0.800. The number of rotatable bonds is 6. The standard InChI is InChI=1S/C15H28N4/c1-13(2)14-11-18(12-15(14)17(3)4)8-6-10-19-9-5-7-16-19/h5,7,9,13-15H,6,8,10-12H2,1-4H3/t14-,15+/m1/s1. The van der Waals surface area contributed by atoms with Crippen molar-refractivity contribution in [3.05, 3.63) is 18.5 Å². The van der Waals surface area contributed by atoms with E-state index in [9.17, 15) is 0 Å². The summed E-state index contributed by atoms with van der Waals surface area (Å²) >= 11 is 0. The highest BCUT2D eigenvalue weighted by atomic mass is 15.3. The Bertz CT molecular complexity index is 342. The van der Waals surface area contributed by atoms with Gasteiger partial charge in [-0.3, -0.25) is 4.68 Å².